The van der Waals surface area contributed by atoms with E-state index in [0.29, 0.717) is 0 Å². The predicted molar refractivity (Wildman–Crippen MR) is 80.6 cm³/mol. The number of hydrogen-bond donors (Lipinski definition) is 5. The summed E-state index contributed by atoms with van der Waals surface area (Å²) >= 11 is 0. The fourth-order valence-corrected chi connectivity index (χ4v) is 3.00. The van der Waals surface area contributed by atoms with Crippen molar-refractivity contribution in [2.24, 2.45) is 0 Å². The topological polar surface area (TPSA) is 197 Å². The lowest BCUT2D eigenvalue weighted by molar-refractivity contribution is -0.0501. The standard InChI is InChI=1S/C12H14N5O7P/c13-1-5-2-17(11-7(5)10(14)15-4-16-11)12-9(19)8(18)6(24-12)3-23-25(20,21)22/h2,4,6,8-9,12,18-19H,3H2,(H2,14,15,16)(H2,20,21,22)/t6-,8-,9-,12+/m1/s1. The Hall–Kier alpha value is -2.10. The first-order valence-corrected chi connectivity index (χ1v) is 8.48. The number of nitrogens with zero attached hydrogens (tertiary/aromatic N) is 4. The van der Waals surface area contributed by atoms with Gasteiger partial charge in [-0.15, -0.1) is 0 Å². The molecule has 0 radical (unpaired) electrons. The third-order valence-corrected chi connectivity index (χ3v) is 4.26. The van der Waals surface area contributed by atoms with Crippen LogP contribution in [-0.4, -0.2) is 59.5 Å². The van der Waals surface area contributed by atoms with Crippen LogP contribution < -0.4 is 5.73 Å². The van der Waals surface area contributed by atoms with Gasteiger partial charge < -0.3 is 35.0 Å². The molecule has 4 atom stereocenters. The van der Waals surface area contributed by atoms with Crippen LogP contribution in [0.25, 0.3) is 11.0 Å². The molecule has 25 heavy (non-hydrogen) atoms. The molecular formula is C12H14N5O7P. The highest BCUT2D eigenvalue weighted by Crippen LogP contribution is 2.39. The summed E-state index contributed by atoms with van der Waals surface area (Å²) in [5.41, 5.74) is 6.11. The van der Waals surface area contributed by atoms with Crippen molar-refractivity contribution in [2.45, 2.75) is 24.5 Å². The SMILES string of the molecule is N#Cc1cn([C@H]2O[C@H](COP(=O)(O)O)[C@@H](O)[C@H]2O)c2ncnc(N)c12. The lowest BCUT2D eigenvalue weighted by Gasteiger charge is -2.17. The van der Waals surface area contributed by atoms with Crippen LogP contribution in [0, 0.1) is 11.3 Å². The molecule has 3 heterocycles. The molecule has 6 N–H and O–H groups in total. The maximum Gasteiger partial charge on any atom is 0.469 e. The molecule has 1 saturated heterocycles. The Morgan fingerprint density at radius 1 is 1.40 bits per heavy atom. The predicted octanol–water partition coefficient (Wildman–Crippen LogP) is -1.39. The van der Waals surface area contributed by atoms with E-state index in [9.17, 15) is 20.0 Å². The summed E-state index contributed by atoms with van der Waals surface area (Å²) in [4.78, 5) is 25.3. The van der Waals surface area contributed by atoms with Crippen LogP contribution in [0.5, 0.6) is 0 Å². The zero-order chi connectivity index (χ0) is 18.4. The van der Waals surface area contributed by atoms with Crippen molar-refractivity contribution in [1.29, 1.82) is 5.26 Å². The van der Waals surface area contributed by atoms with E-state index in [2.05, 4.69) is 14.5 Å². The number of nitrogens with two attached hydrogens (primary N) is 1. The summed E-state index contributed by atoms with van der Waals surface area (Å²) in [7, 11) is -4.76. The Labute approximate surface area is 140 Å². The minimum atomic E-state index is -4.76. The Morgan fingerprint density at radius 3 is 2.76 bits per heavy atom. The Balaban J connectivity index is 1.95. The zero-order valence-corrected chi connectivity index (χ0v) is 13.4. The highest BCUT2D eigenvalue weighted by molar-refractivity contribution is 7.46. The van der Waals surface area contributed by atoms with Crippen molar-refractivity contribution in [3.8, 4) is 6.07 Å². The number of aliphatic hydroxyl groups is 2. The summed E-state index contributed by atoms with van der Waals surface area (Å²) in [6, 6.07) is 1.93. The molecule has 0 aromatic carbocycles. The Kier molecular flexibility index (Phi) is 4.48. The molecule has 1 aliphatic heterocycles. The van der Waals surface area contributed by atoms with Crippen LogP contribution in [-0.2, 0) is 13.8 Å². The molecule has 13 heteroatoms. The lowest BCUT2D eigenvalue weighted by Crippen LogP contribution is -2.33. The van der Waals surface area contributed by atoms with Crippen molar-refractivity contribution in [2.75, 3.05) is 12.3 Å². The van der Waals surface area contributed by atoms with Crippen LogP contribution in [0.1, 0.15) is 11.8 Å². The molecule has 2 aromatic heterocycles. The second-order valence-corrected chi connectivity index (χ2v) is 6.59. The minimum Gasteiger partial charge on any atom is -0.387 e. The number of hydrogen-bond acceptors (Lipinski definition) is 9. The van der Waals surface area contributed by atoms with Gasteiger partial charge in [-0.1, -0.05) is 0 Å². The smallest absolute Gasteiger partial charge is 0.387 e. The fraction of sp³-hybridized carbons (Fsp3) is 0.417. The van der Waals surface area contributed by atoms with Crippen LogP contribution in [0.4, 0.5) is 5.82 Å². The summed E-state index contributed by atoms with van der Waals surface area (Å²) in [6.07, 6.45) is -2.79. The van der Waals surface area contributed by atoms with E-state index in [1.165, 1.54) is 17.1 Å². The van der Waals surface area contributed by atoms with Gasteiger partial charge in [-0.2, -0.15) is 5.26 Å². The number of nitriles is 1. The number of aliphatic hydroxyl groups excluding tert-OH is 2. The largest absolute Gasteiger partial charge is 0.469 e. The van der Waals surface area contributed by atoms with E-state index >= 15 is 0 Å². The molecule has 134 valence electrons. The lowest BCUT2D eigenvalue weighted by atomic mass is 10.1. The molecule has 0 bridgehead atoms. The number of anilines is 1. The molecule has 1 fully saturated rings. The van der Waals surface area contributed by atoms with Gasteiger partial charge in [0.2, 0.25) is 0 Å². The van der Waals surface area contributed by atoms with Gasteiger partial charge in [0.25, 0.3) is 0 Å². The maximum absolute atomic E-state index is 10.8. The number of fused-ring (bicyclic) bond motifs is 1. The van der Waals surface area contributed by atoms with Crippen LogP contribution in [0.2, 0.25) is 0 Å². The van der Waals surface area contributed by atoms with Gasteiger partial charge in [0.1, 0.15) is 42.2 Å². The second-order valence-electron chi connectivity index (χ2n) is 5.35. The first-order chi connectivity index (χ1) is 11.7. The van der Waals surface area contributed by atoms with Gasteiger partial charge in [-0.3, -0.25) is 4.52 Å². The molecule has 0 saturated carbocycles. The van der Waals surface area contributed by atoms with E-state index in [0.717, 1.165) is 0 Å². The highest BCUT2D eigenvalue weighted by Gasteiger charge is 2.45. The van der Waals surface area contributed by atoms with Crippen LogP contribution in [0.15, 0.2) is 12.5 Å². The van der Waals surface area contributed by atoms with Gasteiger partial charge in [0.15, 0.2) is 6.23 Å². The molecule has 1 aliphatic rings. The monoisotopic (exact) mass is 371 g/mol. The van der Waals surface area contributed by atoms with Crippen molar-refractivity contribution in [3.05, 3.63) is 18.1 Å². The van der Waals surface area contributed by atoms with E-state index < -0.39 is 39.0 Å². The van der Waals surface area contributed by atoms with Crippen molar-refractivity contribution < 1.29 is 33.8 Å². The van der Waals surface area contributed by atoms with E-state index in [-0.39, 0.29) is 22.4 Å². The molecule has 3 rings (SSSR count). The van der Waals surface area contributed by atoms with Gasteiger partial charge >= 0.3 is 7.82 Å². The molecule has 0 amide bonds. The number of phosphoric acid groups is 1. The molecule has 0 spiro atoms. The third-order valence-electron chi connectivity index (χ3n) is 3.78. The minimum absolute atomic E-state index is 0.0646. The molecule has 2 aromatic rings. The average molecular weight is 371 g/mol. The van der Waals surface area contributed by atoms with E-state index in [4.69, 9.17) is 20.3 Å². The number of phosphoric ester groups is 1. The number of nitrogen functional groups attached to an aromatic ring is 1. The summed E-state index contributed by atoms with van der Waals surface area (Å²) in [5, 5.41) is 29.7. The average Bonchev–Trinajstić information content (AvgIpc) is 3.05. The molecule has 0 aliphatic carbocycles. The molecule has 0 unspecified atom stereocenters. The fourth-order valence-electron chi connectivity index (χ4n) is 2.65. The van der Waals surface area contributed by atoms with Gasteiger partial charge in [-0.25, -0.2) is 14.5 Å². The number of rotatable bonds is 4. The second kappa shape index (κ2) is 6.32. The Bertz CT molecular complexity index is 890. The number of aromatic nitrogens is 3. The normalized spacial score (nSPS) is 26.8. The molecular weight excluding hydrogens is 357 g/mol. The van der Waals surface area contributed by atoms with Gasteiger partial charge in [0, 0.05) is 6.20 Å². The van der Waals surface area contributed by atoms with Crippen LogP contribution >= 0.6 is 7.82 Å². The van der Waals surface area contributed by atoms with Crippen LogP contribution in [0.3, 0.4) is 0 Å². The zero-order valence-electron chi connectivity index (χ0n) is 12.5. The number of ether oxygens (including phenoxy) is 1. The maximum atomic E-state index is 10.8. The highest BCUT2D eigenvalue weighted by atomic mass is 31.2. The first kappa shape index (κ1) is 17.7. The van der Waals surface area contributed by atoms with Crippen molar-refractivity contribution in [3.63, 3.8) is 0 Å². The van der Waals surface area contributed by atoms with Gasteiger partial charge in [0.05, 0.1) is 17.6 Å². The van der Waals surface area contributed by atoms with Gasteiger partial charge in [-0.05, 0) is 0 Å². The quantitative estimate of drug-likeness (QED) is 0.397. The summed E-state index contributed by atoms with van der Waals surface area (Å²) in [6.45, 7) is -0.638. The first-order valence-electron chi connectivity index (χ1n) is 6.95. The third kappa shape index (κ3) is 3.22. The molecule has 12 nitrogen and oxygen atoms in total. The summed E-state index contributed by atoms with van der Waals surface area (Å²) < 4.78 is 21.9. The van der Waals surface area contributed by atoms with Crippen molar-refractivity contribution >= 4 is 24.7 Å². The Morgan fingerprint density at radius 2 is 2.12 bits per heavy atom. The van der Waals surface area contributed by atoms with E-state index in [1.54, 1.807) is 0 Å². The van der Waals surface area contributed by atoms with Crippen molar-refractivity contribution in [1.82, 2.24) is 14.5 Å². The van der Waals surface area contributed by atoms with E-state index in [1.807, 2.05) is 6.07 Å². The summed E-state index contributed by atoms with van der Waals surface area (Å²) in [5.74, 6) is 0.0646.